The molecule has 0 saturated carbocycles. The number of ether oxygens (including phenoxy) is 3. The van der Waals surface area contributed by atoms with Crippen molar-refractivity contribution < 1.29 is 19.0 Å². The van der Waals surface area contributed by atoms with E-state index in [2.05, 4.69) is 0 Å². The van der Waals surface area contributed by atoms with Crippen LogP contribution in [0.3, 0.4) is 0 Å². The molecule has 1 atom stereocenters. The molecule has 1 heterocycles. The molecule has 0 aliphatic carbocycles. The third-order valence-electron chi connectivity index (χ3n) is 3.12. The number of hydrogen-bond donors (Lipinski definition) is 0. The molecule has 1 aromatic rings. The van der Waals surface area contributed by atoms with E-state index in [9.17, 15) is 4.79 Å². The van der Waals surface area contributed by atoms with E-state index >= 15 is 0 Å². The summed E-state index contributed by atoms with van der Waals surface area (Å²) >= 11 is 0. The van der Waals surface area contributed by atoms with Crippen LogP contribution in [0.5, 0.6) is 5.75 Å². The molecule has 0 amide bonds. The molecule has 0 aromatic heterocycles. The summed E-state index contributed by atoms with van der Waals surface area (Å²) in [5.41, 5.74) is 0.913. The fourth-order valence-electron chi connectivity index (χ4n) is 2.14. The quantitative estimate of drug-likeness (QED) is 0.750. The zero-order valence-corrected chi connectivity index (χ0v) is 12.1. The lowest BCUT2D eigenvalue weighted by Gasteiger charge is -2.11. The van der Waals surface area contributed by atoms with Gasteiger partial charge in [-0.25, -0.2) is 0 Å². The molecule has 0 N–H and O–H groups in total. The van der Waals surface area contributed by atoms with Gasteiger partial charge in [0.25, 0.3) is 0 Å². The van der Waals surface area contributed by atoms with Gasteiger partial charge in [0.1, 0.15) is 5.75 Å². The zero-order valence-electron chi connectivity index (χ0n) is 12.1. The van der Waals surface area contributed by atoms with E-state index in [0.717, 1.165) is 24.3 Å². The van der Waals surface area contributed by atoms with E-state index in [-0.39, 0.29) is 18.5 Å². The molecule has 1 unspecified atom stereocenters. The van der Waals surface area contributed by atoms with Crippen molar-refractivity contribution in [2.24, 2.45) is 5.92 Å². The molecule has 1 saturated heterocycles. The van der Waals surface area contributed by atoms with E-state index in [4.69, 9.17) is 14.2 Å². The van der Waals surface area contributed by atoms with Gasteiger partial charge in [0.2, 0.25) is 0 Å². The average molecular weight is 278 g/mol. The molecule has 1 aliphatic rings. The van der Waals surface area contributed by atoms with Gasteiger partial charge in [0, 0.05) is 12.5 Å². The highest BCUT2D eigenvalue weighted by Gasteiger charge is 2.17. The van der Waals surface area contributed by atoms with Gasteiger partial charge < -0.3 is 14.2 Å². The van der Waals surface area contributed by atoms with Gasteiger partial charge >= 0.3 is 5.97 Å². The van der Waals surface area contributed by atoms with Crippen LogP contribution in [0.1, 0.15) is 25.8 Å². The van der Waals surface area contributed by atoms with Crippen LogP contribution < -0.4 is 4.74 Å². The third kappa shape index (κ3) is 4.85. The van der Waals surface area contributed by atoms with Crippen molar-refractivity contribution in [2.45, 2.75) is 32.8 Å². The maximum absolute atomic E-state index is 11.8. The number of rotatable bonds is 6. The fraction of sp³-hybridized carbons (Fsp3) is 0.562. The molecule has 1 aromatic carbocycles. The van der Waals surface area contributed by atoms with Crippen molar-refractivity contribution in [1.29, 1.82) is 0 Å². The number of carbonyl (C=O) groups is 1. The molecule has 2 rings (SSSR count). The Kier molecular flexibility index (Phi) is 5.41. The lowest BCUT2D eigenvalue weighted by atomic mass is 10.1. The highest BCUT2D eigenvalue weighted by molar-refractivity contribution is 5.72. The van der Waals surface area contributed by atoms with Gasteiger partial charge in [0.05, 0.1) is 25.7 Å². The van der Waals surface area contributed by atoms with Crippen LogP contribution in [-0.2, 0) is 20.7 Å². The largest absolute Gasteiger partial charge is 0.491 e. The maximum Gasteiger partial charge on any atom is 0.310 e. The molecule has 20 heavy (non-hydrogen) atoms. The Hall–Kier alpha value is -1.55. The highest BCUT2D eigenvalue weighted by Crippen LogP contribution is 2.16. The van der Waals surface area contributed by atoms with Crippen LogP contribution in [0.15, 0.2) is 24.3 Å². The molecule has 4 heteroatoms. The summed E-state index contributed by atoms with van der Waals surface area (Å²) in [4.78, 5) is 11.8. The Labute approximate surface area is 120 Å². The van der Waals surface area contributed by atoms with Crippen molar-refractivity contribution in [1.82, 2.24) is 0 Å². The van der Waals surface area contributed by atoms with Gasteiger partial charge in [-0.05, 0) is 38.0 Å². The Balaban J connectivity index is 1.80. The molecule has 1 fully saturated rings. The van der Waals surface area contributed by atoms with Crippen molar-refractivity contribution >= 4 is 5.97 Å². The van der Waals surface area contributed by atoms with Crippen LogP contribution in [0, 0.1) is 5.92 Å². The Morgan fingerprint density at radius 1 is 1.45 bits per heavy atom. The summed E-state index contributed by atoms with van der Waals surface area (Å²) in [6.07, 6.45) is 1.38. The van der Waals surface area contributed by atoms with E-state index < -0.39 is 0 Å². The average Bonchev–Trinajstić information content (AvgIpc) is 2.89. The topological polar surface area (TPSA) is 44.8 Å². The van der Waals surface area contributed by atoms with Crippen LogP contribution in [0.25, 0.3) is 0 Å². The summed E-state index contributed by atoms with van der Waals surface area (Å²) in [5, 5.41) is 0. The minimum absolute atomic E-state index is 0.125. The SMILES string of the molecule is CC(C)Oc1cccc(CC(=O)OCC2CCOC2)c1. The summed E-state index contributed by atoms with van der Waals surface area (Å²) in [7, 11) is 0. The molecule has 0 spiro atoms. The smallest absolute Gasteiger partial charge is 0.310 e. The van der Waals surface area contributed by atoms with Crippen LogP contribution in [0.4, 0.5) is 0 Å². The first kappa shape index (κ1) is 14.9. The van der Waals surface area contributed by atoms with Crippen molar-refractivity contribution in [3.8, 4) is 5.75 Å². The predicted molar refractivity (Wildman–Crippen MR) is 75.8 cm³/mol. The maximum atomic E-state index is 11.8. The second-order valence-electron chi connectivity index (χ2n) is 5.40. The monoisotopic (exact) mass is 278 g/mol. The van der Waals surface area contributed by atoms with Gasteiger partial charge in [-0.15, -0.1) is 0 Å². The molecule has 0 bridgehead atoms. The summed E-state index contributed by atoms with van der Waals surface area (Å²) in [6, 6.07) is 7.59. The third-order valence-corrected chi connectivity index (χ3v) is 3.12. The minimum Gasteiger partial charge on any atom is -0.491 e. The normalized spacial score (nSPS) is 18.2. The summed E-state index contributed by atoms with van der Waals surface area (Å²) in [6.45, 7) is 5.89. The highest BCUT2D eigenvalue weighted by atomic mass is 16.5. The number of benzene rings is 1. The Morgan fingerprint density at radius 3 is 3.00 bits per heavy atom. The van der Waals surface area contributed by atoms with Crippen molar-refractivity contribution in [3.63, 3.8) is 0 Å². The van der Waals surface area contributed by atoms with E-state index in [0.29, 0.717) is 19.1 Å². The molecular weight excluding hydrogens is 256 g/mol. The molecule has 1 aliphatic heterocycles. The molecular formula is C16H22O4. The van der Waals surface area contributed by atoms with Gasteiger partial charge in [-0.3, -0.25) is 4.79 Å². The van der Waals surface area contributed by atoms with E-state index in [1.165, 1.54) is 0 Å². The second kappa shape index (κ2) is 7.29. The van der Waals surface area contributed by atoms with Crippen molar-refractivity contribution in [3.05, 3.63) is 29.8 Å². The first-order valence-corrected chi connectivity index (χ1v) is 7.12. The Bertz CT molecular complexity index is 436. The first-order valence-electron chi connectivity index (χ1n) is 7.12. The molecule has 110 valence electrons. The Morgan fingerprint density at radius 2 is 2.30 bits per heavy atom. The standard InChI is InChI=1S/C16H22O4/c1-12(2)20-15-5-3-4-13(8-15)9-16(17)19-11-14-6-7-18-10-14/h3-5,8,12,14H,6-7,9-11H2,1-2H3. The van der Waals surface area contributed by atoms with E-state index in [1.54, 1.807) is 0 Å². The van der Waals surface area contributed by atoms with Crippen LogP contribution in [0.2, 0.25) is 0 Å². The van der Waals surface area contributed by atoms with Crippen LogP contribution in [-0.4, -0.2) is 31.9 Å². The molecule has 4 nitrogen and oxygen atoms in total. The number of carbonyl (C=O) groups excluding carboxylic acids is 1. The summed E-state index contributed by atoms with van der Waals surface area (Å²) in [5.74, 6) is 0.947. The van der Waals surface area contributed by atoms with E-state index in [1.807, 2.05) is 38.1 Å². The fourth-order valence-corrected chi connectivity index (χ4v) is 2.14. The van der Waals surface area contributed by atoms with Crippen LogP contribution >= 0.6 is 0 Å². The summed E-state index contributed by atoms with van der Waals surface area (Å²) < 4.78 is 16.2. The van der Waals surface area contributed by atoms with Gasteiger partial charge in [-0.2, -0.15) is 0 Å². The molecule has 0 radical (unpaired) electrons. The van der Waals surface area contributed by atoms with Gasteiger partial charge in [-0.1, -0.05) is 12.1 Å². The number of hydrogen-bond acceptors (Lipinski definition) is 4. The van der Waals surface area contributed by atoms with Crippen molar-refractivity contribution in [2.75, 3.05) is 19.8 Å². The first-order chi connectivity index (χ1) is 9.63. The zero-order chi connectivity index (χ0) is 14.4. The van der Waals surface area contributed by atoms with Gasteiger partial charge in [0.15, 0.2) is 0 Å². The minimum atomic E-state index is -0.196. The number of esters is 1. The second-order valence-corrected chi connectivity index (χ2v) is 5.40. The lowest BCUT2D eigenvalue weighted by molar-refractivity contribution is -0.144. The lowest BCUT2D eigenvalue weighted by Crippen LogP contribution is -2.15. The predicted octanol–water partition coefficient (Wildman–Crippen LogP) is 2.60.